The SMILES string of the molecule is NCC(Nc1ccccc1Cl)c1ccoc1. The number of hydrogen-bond donors (Lipinski definition) is 2. The molecule has 0 saturated carbocycles. The van der Waals surface area contributed by atoms with Crippen molar-refractivity contribution in [1.82, 2.24) is 0 Å². The summed E-state index contributed by atoms with van der Waals surface area (Å²) in [6, 6.07) is 9.48. The monoisotopic (exact) mass is 236 g/mol. The van der Waals surface area contributed by atoms with E-state index in [1.807, 2.05) is 30.3 Å². The van der Waals surface area contributed by atoms with Gasteiger partial charge in [0, 0.05) is 12.1 Å². The van der Waals surface area contributed by atoms with Crippen molar-refractivity contribution in [2.24, 2.45) is 5.73 Å². The zero-order valence-electron chi connectivity index (χ0n) is 8.69. The molecule has 1 heterocycles. The number of hydrogen-bond acceptors (Lipinski definition) is 3. The predicted octanol–water partition coefficient (Wildman–Crippen LogP) is 3.04. The van der Waals surface area contributed by atoms with Gasteiger partial charge in [-0.05, 0) is 18.2 Å². The van der Waals surface area contributed by atoms with E-state index in [4.69, 9.17) is 21.8 Å². The Kier molecular flexibility index (Phi) is 3.49. The van der Waals surface area contributed by atoms with E-state index in [2.05, 4.69) is 5.32 Å². The Morgan fingerprint density at radius 1 is 1.31 bits per heavy atom. The van der Waals surface area contributed by atoms with Crippen LogP contribution in [0, 0.1) is 0 Å². The fourth-order valence-electron chi connectivity index (χ4n) is 1.52. The van der Waals surface area contributed by atoms with Crippen LogP contribution in [-0.4, -0.2) is 6.54 Å². The fraction of sp³-hybridized carbons (Fsp3) is 0.167. The fourth-order valence-corrected chi connectivity index (χ4v) is 1.71. The van der Waals surface area contributed by atoms with Crippen molar-refractivity contribution >= 4 is 17.3 Å². The van der Waals surface area contributed by atoms with Crippen molar-refractivity contribution in [1.29, 1.82) is 0 Å². The minimum absolute atomic E-state index is 0.0126. The number of halogens is 1. The maximum atomic E-state index is 6.06. The molecular weight excluding hydrogens is 224 g/mol. The molecule has 0 aliphatic carbocycles. The first-order chi connectivity index (χ1) is 7.81. The first-order valence-corrected chi connectivity index (χ1v) is 5.42. The Morgan fingerprint density at radius 2 is 2.12 bits per heavy atom. The summed E-state index contributed by atoms with van der Waals surface area (Å²) in [5.74, 6) is 0. The van der Waals surface area contributed by atoms with Crippen LogP contribution < -0.4 is 11.1 Å². The van der Waals surface area contributed by atoms with E-state index in [9.17, 15) is 0 Å². The Morgan fingerprint density at radius 3 is 2.75 bits per heavy atom. The lowest BCUT2D eigenvalue weighted by Crippen LogP contribution is -2.20. The van der Waals surface area contributed by atoms with Gasteiger partial charge in [0.1, 0.15) is 0 Å². The van der Waals surface area contributed by atoms with Gasteiger partial charge in [-0.15, -0.1) is 0 Å². The maximum absolute atomic E-state index is 6.06. The normalized spacial score (nSPS) is 12.4. The van der Waals surface area contributed by atoms with Crippen LogP contribution in [0.2, 0.25) is 5.02 Å². The van der Waals surface area contributed by atoms with Crippen molar-refractivity contribution in [2.45, 2.75) is 6.04 Å². The van der Waals surface area contributed by atoms with Crippen molar-refractivity contribution < 1.29 is 4.42 Å². The van der Waals surface area contributed by atoms with E-state index in [1.54, 1.807) is 12.5 Å². The number of nitrogens with one attached hydrogen (secondary N) is 1. The molecule has 1 atom stereocenters. The molecule has 0 radical (unpaired) electrons. The highest BCUT2D eigenvalue weighted by molar-refractivity contribution is 6.33. The quantitative estimate of drug-likeness (QED) is 0.858. The zero-order chi connectivity index (χ0) is 11.4. The van der Waals surface area contributed by atoms with Crippen molar-refractivity contribution in [3.05, 3.63) is 53.4 Å². The van der Waals surface area contributed by atoms with Crippen LogP contribution in [0.5, 0.6) is 0 Å². The molecule has 0 amide bonds. The lowest BCUT2D eigenvalue weighted by atomic mass is 10.1. The summed E-state index contributed by atoms with van der Waals surface area (Å²) in [6.45, 7) is 0.477. The lowest BCUT2D eigenvalue weighted by Gasteiger charge is -2.17. The van der Waals surface area contributed by atoms with E-state index in [0.717, 1.165) is 11.3 Å². The molecule has 0 aliphatic rings. The molecule has 0 saturated heterocycles. The van der Waals surface area contributed by atoms with Gasteiger partial charge in [0.15, 0.2) is 0 Å². The molecule has 3 N–H and O–H groups in total. The lowest BCUT2D eigenvalue weighted by molar-refractivity contribution is 0.561. The topological polar surface area (TPSA) is 51.2 Å². The number of furan rings is 1. The second-order valence-electron chi connectivity index (χ2n) is 3.47. The van der Waals surface area contributed by atoms with Crippen LogP contribution in [0.3, 0.4) is 0 Å². The second kappa shape index (κ2) is 5.05. The smallest absolute Gasteiger partial charge is 0.0955 e. The van der Waals surface area contributed by atoms with Crippen LogP contribution in [0.1, 0.15) is 11.6 Å². The summed E-state index contributed by atoms with van der Waals surface area (Å²) >= 11 is 6.06. The van der Waals surface area contributed by atoms with Crippen molar-refractivity contribution in [3.8, 4) is 0 Å². The van der Waals surface area contributed by atoms with Gasteiger partial charge >= 0.3 is 0 Å². The Bertz CT molecular complexity index is 442. The molecule has 84 valence electrons. The Balaban J connectivity index is 2.17. The third-order valence-corrected chi connectivity index (χ3v) is 2.71. The van der Waals surface area contributed by atoms with Gasteiger partial charge in [0.2, 0.25) is 0 Å². The molecule has 0 fully saturated rings. The summed E-state index contributed by atoms with van der Waals surface area (Å²) in [6.07, 6.45) is 3.31. The highest BCUT2D eigenvalue weighted by atomic mass is 35.5. The van der Waals surface area contributed by atoms with E-state index in [-0.39, 0.29) is 6.04 Å². The number of anilines is 1. The average Bonchev–Trinajstić information content (AvgIpc) is 2.81. The first-order valence-electron chi connectivity index (χ1n) is 5.04. The molecule has 0 spiro atoms. The molecule has 1 aromatic carbocycles. The van der Waals surface area contributed by atoms with Gasteiger partial charge in [-0.25, -0.2) is 0 Å². The van der Waals surface area contributed by atoms with Gasteiger partial charge < -0.3 is 15.5 Å². The molecule has 16 heavy (non-hydrogen) atoms. The number of para-hydroxylation sites is 1. The van der Waals surface area contributed by atoms with Gasteiger partial charge in [-0.3, -0.25) is 0 Å². The molecule has 1 unspecified atom stereocenters. The Hall–Kier alpha value is -1.45. The van der Waals surface area contributed by atoms with Crippen molar-refractivity contribution in [3.63, 3.8) is 0 Å². The van der Waals surface area contributed by atoms with E-state index in [1.165, 1.54) is 0 Å². The van der Waals surface area contributed by atoms with Gasteiger partial charge in [0.25, 0.3) is 0 Å². The van der Waals surface area contributed by atoms with Gasteiger partial charge in [-0.1, -0.05) is 23.7 Å². The molecule has 3 nitrogen and oxygen atoms in total. The maximum Gasteiger partial charge on any atom is 0.0955 e. The third kappa shape index (κ3) is 2.38. The van der Waals surface area contributed by atoms with Crippen molar-refractivity contribution in [2.75, 3.05) is 11.9 Å². The predicted molar refractivity (Wildman–Crippen MR) is 65.6 cm³/mol. The molecule has 2 rings (SSSR count). The standard InChI is InChI=1S/C12H13ClN2O/c13-10-3-1-2-4-11(10)15-12(7-14)9-5-6-16-8-9/h1-6,8,12,15H,7,14H2. The number of benzene rings is 1. The van der Waals surface area contributed by atoms with Crippen LogP contribution >= 0.6 is 11.6 Å². The van der Waals surface area contributed by atoms with Crippen LogP contribution in [-0.2, 0) is 0 Å². The molecule has 0 bridgehead atoms. The largest absolute Gasteiger partial charge is 0.472 e. The third-order valence-electron chi connectivity index (χ3n) is 2.38. The zero-order valence-corrected chi connectivity index (χ0v) is 9.45. The number of nitrogens with two attached hydrogens (primary N) is 1. The summed E-state index contributed by atoms with van der Waals surface area (Å²) in [7, 11) is 0. The number of rotatable bonds is 4. The van der Waals surface area contributed by atoms with E-state index in [0.29, 0.717) is 11.6 Å². The molecule has 0 aliphatic heterocycles. The van der Waals surface area contributed by atoms with E-state index < -0.39 is 0 Å². The van der Waals surface area contributed by atoms with Crippen LogP contribution in [0.15, 0.2) is 47.3 Å². The summed E-state index contributed by atoms with van der Waals surface area (Å²) in [4.78, 5) is 0. The Labute approximate surface area is 99.2 Å². The van der Waals surface area contributed by atoms with Gasteiger partial charge in [-0.2, -0.15) is 0 Å². The molecule has 1 aromatic heterocycles. The van der Waals surface area contributed by atoms with Crippen LogP contribution in [0.25, 0.3) is 0 Å². The molecule has 2 aromatic rings. The summed E-state index contributed by atoms with van der Waals surface area (Å²) in [5, 5.41) is 3.97. The molecular formula is C12H13ClN2O. The van der Waals surface area contributed by atoms with Gasteiger partial charge in [0.05, 0.1) is 29.3 Å². The summed E-state index contributed by atoms with van der Waals surface area (Å²) < 4.78 is 5.04. The second-order valence-corrected chi connectivity index (χ2v) is 3.88. The van der Waals surface area contributed by atoms with E-state index >= 15 is 0 Å². The van der Waals surface area contributed by atoms with Crippen LogP contribution in [0.4, 0.5) is 5.69 Å². The first kappa shape index (κ1) is 11.0. The molecule has 4 heteroatoms. The minimum atomic E-state index is 0.0126. The highest BCUT2D eigenvalue weighted by Crippen LogP contribution is 2.25. The summed E-state index contributed by atoms with van der Waals surface area (Å²) in [5.41, 5.74) is 7.61. The highest BCUT2D eigenvalue weighted by Gasteiger charge is 2.11. The minimum Gasteiger partial charge on any atom is -0.472 e. The average molecular weight is 237 g/mol.